The topological polar surface area (TPSA) is 53.6 Å². The van der Waals surface area contributed by atoms with E-state index in [2.05, 4.69) is 33.5 Å². The van der Waals surface area contributed by atoms with Crippen LogP contribution in [-0.4, -0.2) is 15.2 Å². The van der Waals surface area contributed by atoms with Crippen LogP contribution in [0.15, 0.2) is 30.6 Å². The summed E-state index contributed by atoms with van der Waals surface area (Å²) in [6.45, 7) is 2.81. The summed E-state index contributed by atoms with van der Waals surface area (Å²) in [5.41, 5.74) is 1.19. The molecule has 2 rings (SSSR count). The van der Waals surface area contributed by atoms with Gasteiger partial charge in [-0.25, -0.2) is 4.98 Å². The number of aromatic nitrogens is 3. The first-order chi connectivity index (χ1) is 8.29. The smallest absolute Gasteiger partial charge is 0.138 e. The van der Waals surface area contributed by atoms with Gasteiger partial charge >= 0.3 is 0 Å². The van der Waals surface area contributed by atoms with E-state index in [1.54, 1.807) is 0 Å². The predicted octanol–water partition coefficient (Wildman–Crippen LogP) is 2.70. The van der Waals surface area contributed by atoms with Crippen LogP contribution in [0, 0.1) is 0 Å². The van der Waals surface area contributed by atoms with Gasteiger partial charge in [0.25, 0.3) is 0 Å². The molecule has 1 aromatic carbocycles. The van der Waals surface area contributed by atoms with E-state index in [9.17, 15) is 0 Å². The molecule has 0 saturated heterocycles. The Balaban J connectivity index is 2.01. The van der Waals surface area contributed by atoms with Gasteiger partial charge in [-0.1, -0.05) is 30.7 Å². The molecule has 0 aliphatic carbocycles. The van der Waals surface area contributed by atoms with Gasteiger partial charge in [0.15, 0.2) is 0 Å². The summed E-state index contributed by atoms with van der Waals surface area (Å²) in [6.07, 6.45) is 2.51. The summed E-state index contributed by atoms with van der Waals surface area (Å²) >= 11 is 5.99. The minimum absolute atomic E-state index is 0.277. The second-order valence-electron chi connectivity index (χ2n) is 3.83. The van der Waals surface area contributed by atoms with E-state index in [-0.39, 0.29) is 6.04 Å². The van der Waals surface area contributed by atoms with Crippen LogP contribution in [0.5, 0.6) is 0 Å². The third-order valence-electron chi connectivity index (χ3n) is 2.64. The molecule has 5 heteroatoms. The Kier molecular flexibility index (Phi) is 4.12. The van der Waals surface area contributed by atoms with Gasteiger partial charge in [0.05, 0.1) is 6.54 Å². The maximum Gasteiger partial charge on any atom is 0.138 e. The van der Waals surface area contributed by atoms with Crippen LogP contribution in [0.2, 0.25) is 5.02 Å². The summed E-state index contributed by atoms with van der Waals surface area (Å²) in [6, 6.07) is 8.19. The molecule has 90 valence electrons. The van der Waals surface area contributed by atoms with E-state index >= 15 is 0 Å². The number of nitrogens with one attached hydrogen (secondary N) is 2. The molecule has 4 nitrogen and oxygen atoms in total. The molecule has 1 aromatic heterocycles. The van der Waals surface area contributed by atoms with E-state index in [1.807, 2.05) is 18.2 Å². The van der Waals surface area contributed by atoms with Crippen molar-refractivity contribution in [1.82, 2.24) is 20.5 Å². The monoisotopic (exact) mass is 250 g/mol. The minimum Gasteiger partial charge on any atom is -0.303 e. The van der Waals surface area contributed by atoms with Gasteiger partial charge in [0.1, 0.15) is 12.2 Å². The van der Waals surface area contributed by atoms with E-state index in [0.29, 0.717) is 6.54 Å². The van der Waals surface area contributed by atoms with E-state index in [4.69, 9.17) is 11.6 Å². The second-order valence-corrected chi connectivity index (χ2v) is 4.27. The van der Waals surface area contributed by atoms with Crippen molar-refractivity contribution in [3.05, 3.63) is 47.0 Å². The highest BCUT2D eigenvalue weighted by Crippen LogP contribution is 2.20. The molecular weight excluding hydrogens is 236 g/mol. The number of benzene rings is 1. The summed E-state index contributed by atoms with van der Waals surface area (Å²) in [5.74, 6) is 0.838. The van der Waals surface area contributed by atoms with E-state index < -0.39 is 0 Å². The molecule has 1 heterocycles. The molecule has 0 bridgehead atoms. The van der Waals surface area contributed by atoms with Crippen molar-refractivity contribution >= 4 is 11.6 Å². The molecule has 1 unspecified atom stereocenters. The molecule has 0 radical (unpaired) electrons. The van der Waals surface area contributed by atoms with Gasteiger partial charge in [0.2, 0.25) is 0 Å². The lowest BCUT2D eigenvalue weighted by molar-refractivity contribution is 0.509. The Hall–Kier alpha value is -1.39. The van der Waals surface area contributed by atoms with Gasteiger partial charge in [0, 0.05) is 11.1 Å². The summed E-state index contributed by atoms with van der Waals surface area (Å²) in [4.78, 5) is 4.08. The Labute approximate surface area is 105 Å². The second kappa shape index (κ2) is 5.80. The van der Waals surface area contributed by atoms with Gasteiger partial charge in [-0.2, -0.15) is 5.10 Å². The first-order valence-electron chi connectivity index (χ1n) is 5.62. The van der Waals surface area contributed by atoms with Crippen LogP contribution < -0.4 is 5.32 Å². The highest BCUT2D eigenvalue weighted by atomic mass is 35.5. The minimum atomic E-state index is 0.277. The van der Waals surface area contributed by atoms with Gasteiger partial charge in [-0.05, 0) is 24.1 Å². The first kappa shape index (κ1) is 12.1. The molecule has 0 spiro atoms. The largest absolute Gasteiger partial charge is 0.303 e. The number of rotatable bonds is 5. The highest BCUT2D eigenvalue weighted by molar-refractivity contribution is 6.30. The molecular formula is C12H15ClN4. The number of aromatic amines is 1. The highest BCUT2D eigenvalue weighted by Gasteiger charge is 2.09. The lowest BCUT2D eigenvalue weighted by Gasteiger charge is -2.16. The van der Waals surface area contributed by atoms with Gasteiger partial charge in [-0.15, -0.1) is 0 Å². The van der Waals surface area contributed by atoms with Crippen molar-refractivity contribution in [3.63, 3.8) is 0 Å². The van der Waals surface area contributed by atoms with E-state index in [1.165, 1.54) is 11.9 Å². The molecule has 0 saturated carbocycles. The normalized spacial score (nSPS) is 12.6. The molecule has 0 aliphatic heterocycles. The Bertz CT molecular complexity index is 455. The van der Waals surface area contributed by atoms with Crippen LogP contribution >= 0.6 is 11.6 Å². The summed E-state index contributed by atoms with van der Waals surface area (Å²) in [7, 11) is 0. The number of halogens is 1. The van der Waals surface area contributed by atoms with Crippen molar-refractivity contribution in [3.8, 4) is 0 Å². The van der Waals surface area contributed by atoms with Crippen molar-refractivity contribution in [2.45, 2.75) is 25.9 Å². The number of H-pyrrole nitrogens is 1. The lowest BCUT2D eigenvalue weighted by Crippen LogP contribution is -2.20. The lowest BCUT2D eigenvalue weighted by atomic mass is 10.0. The van der Waals surface area contributed by atoms with Crippen molar-refractivity contribution in [1.29, 1.82) is 0 Å². The van der Waals surface area contributed by atoms with Crippen molar-refractivity contribution in [2.24, 2.45) is 0 Å². The molecule has 2 aromatic rings. The van der Waals surface area contributed by atoms with Crippen LogP contribution in [0.4, 0.5) is 0 Å². The van der Waals surface area contributed by atoms with Crippen LogP contribution in [0.1, 0.15) is 30.8 Å². The third-order valence-corrected chi connectivity index (χ3v) is 2.88. The fourth-order valence-electron chi connectivity index (χ4n) is 1.76. The quantitative estimate of drug-likeness (QED) is 0.858. The third kappa shape index (κ3) is 3.28. The van der Waals surface area contributed by atoms with Gasteiger partial charge in [-0.3, -0.25) is 5.10 Å². The zero-order chi connectivity index (χ0) is 12.1. The van der Waals surface area contributed by atoms with Crippen molar-refractivity contribution in [2.75, 3.05) is 0 Å². The Morgan fingerprint density at radius 2 is 2.35 bits per heavy atom. The molecule has 0 fully saturated rings. The van der Waals surface area contributed by atoms with Crippen LogP contribution in [-0.2, 0) is 6.54 Å². The Morgan fingerprint density at radius 1 is 1.47 bits per heavy atom. The molecule has 1 atom stereocenters. The molecule has 17 heavy (non-hydrogen) atoms. The van der Waals surface area contributed by atoms with Crippen LogP contribution in [0.25, 0.3) is 0 Å². The zero-order valence-electron chi connectivity index (χ0n) is 9.65. The zero-order valence-corrected chi connectivity index (χ0v) is 10.4. The average molecular weight is 251 g/mol. The number of hydrogen-bond acceptors (Lipinski definition) is 3. The van der Waals surface area contributed by atoms with Gasteiger partial charge < -0.3 is 5.32 Å². The Morgan fingerprint density at radius 3 is 3.00 bits per heavy atom. The number of hydrogen-bond donors (Lipinski definition) is 2. The average Bonchev–Trinajstić information content (AvgIpc) is 2.83. The standard InChI is InChI=1S/C12H15ClN4/c1-2-11(9-4-3-5-10(13)6-9)14-7-12-15-8-16-17-12/h3-6,8,11,14H,2,7H2,1H3,(H,15,16,17). The maximum atomic E-state index is 5.99. The summed E-state index contributed by atoms with van der Waals surface area (Å²) < 4.78 is 0. The predicted molar refractivity (Wildman–Crippen MR) is 67.7 cm³/mol. The first-order valence-corrected chi connectivity index (χ1v) is 6.00. The van der Waals surface area contributed by atoms with E-state index in [0.717, 1.165) is 17.3 Å². The molecule has 2 N–H and O–H groups in total. The van der Waals surface area contributed by atoms with Crippen molar-refractivity contribution < 1.29 is 0 Å². The maximum absolute atomic E-state index is 5.99. The fourth-order valence-corrected chi connectivity index (χ4v) is 1.96. The SMILES string of the molecule is CCC(NCc1ncn[nH]1)c1cccc(Cl)c1. The van der Waals surface area contributed by atoms with Crippen LogP contribution in [0.3, 0.4) is 0 Å². The fraction of sp³-hybridized carbons (Fsp3) is 0.333. The molecule has 0 aliphatic rings. The number of nitrogens with zero attached hydrogens (tertiary/aromatic N) is 2. The summed E-state index contributed by atoms with van der Waals surface area (Å²) in [5, 5.41) is 10.8. The molecule has 0 amide bonds.